The van der Waals surface area contributed by atoms with Crippen molar-refractivity contribution in [1.82, 2.24) is 24.9 Å². The Morgan fingerprint density at radius 1 is 1.03 bits per heavy atom. The molecule has 0 radical (unpaired) electrons. The summed E-state index contributed by atoms with van der Waals surface area (Å²) in [5.74, 6) is 1.09. The highest BCUT2D eigenvalue weighted by atomic mass is 19.1. The summed E-state index contributed by atoms with van der Waals surface area (Å²) in [7, 11) is 4.06. The van der Waals surface area contributed by atoms with Crippen molar-refractivity contribution in [1.29, 1.82) is 0 Å². The van der Waals surface area contributed by atoms with Gasteiger partial charge in [-0.2, -0.15) is 15.0 Å². The van der Waals surface area contributed by atoms with Crippen LogP contribution in [0.25, 0.3) is 5.69 Å². The maximum Gasteiger partial charge on any atom is 0.256 e. The Kier molecular flexibility index (Phi) is 5.03. The van der Waals surface area contributed by atoms with Crippen molar-refractivity contribution >= 4 is 17.4 Å². The number of benzene rings is 1. The Hall–Kier alpha value is -3.49. The molecule has 0 N–H and O–H groups in total. The highest BCUT2D eigenvalue weighted by Crippen LogP contribution is 2.35. The zero-order valence-corrected chi connectivity index (χ0v) is 18.4. The normalized spacial score (nSPS) is 20.0. The lowest BCUT2D eigenvalue weighted by atomic mass is 10.0. The fraction of sp³-hybridized carbons (Fsp3) is 0.391. The molecule has 32 heavy (non-hydrogen) atoms. The zero-order chi connectivity index (χ0) is 22.4. The number of halogens is 1. The lowest BCUT2D eigenvalue weighted by molar-refractivity contribution is 0.0781. The quantitative estimate of drug-likeness (QED) is 0.627. The van der Waals surface area contributed by atoms with Gasteiger partial charge in [-0.15, -0.1) is 0 Å². The molecule has 2 aliphatic rings. The van der Waals surface area contributed by atoms with Crippen LogP contribution >= 0.6 is 0 Å². The molecule has 2 atom stereocenters. The van der Waals surface area contributed by atoms with E-state index in [9.17, 15) is 9.18 Å². The number of nitrogens with zero attached hydrogens (tertiary/aromatic N) is 7. The first-order chi connectivity index (χ1) is 15.4. The van der Waals surface area contributed by atoms with Gasteiger partial charge in [0.15, 0.2) is 0 Å². The summed E-state index contributed by atoms with van der Waals surface area (Å²) >= 11 is 0. The van der Waals surface area contributed by atoms with E-state index in [-0.39, 0.29) is 11.5 Å². The second-order valence-electron chi connectivity index (χ2n) is 8.83. The van der Waals surface area contributed by atoms with Crippen molar-refractivity contribution in [2.24, 2.45) is 11.8 Å². The third-order valence-corrected chi connectivity index (χ3v) is 6.36. The Labute approximate surface area is 186 Å². The van der Waals surface area contributed by atoms with E-state index < -0.39 is 5.82 Å². The lowest BCUT2D eigenvalue weighted by Gasteiger charge is -2.24. The van der Waals surface area contributed by atoms with Crippen molar-refractivity contribution in [2.45, 2.75) is 6.92 Å². The number of pyridine rings is 1. The van der Waals surface area contributed by atoms with Crippen molar-refractivity contribution < 1.29 is 9.18 Å². The van der Waals surface area contributed by atoms with E-state index in [1.165, 1.54) is 29.3 Å². The van der Waals surface area contributed by atoms with Crippen LogP contribution in [0.4, 0.5) is 15.9 Å². The SMILES string of the molecule is Cc1cc(N(C)C)cc(N2CC3CN(C(=O)c4cc(F)ccc4-n4nccn4)CC3C2)n1. The van der Waals surface area contributed by atoms with Gasteiger partial charge in [-0.1, -0.05) is 0 Å². The van der Waals surface area contributed by atoms with Crippen LogP contribution < -0.4 is 9.80 Å². The summed E-state index contributed by atoms with van der Waals surface area (Å²) in [4.78, 5) is 25.7. The van der Waals surface area contributed by atoms with Crippen LogP contribution in [-0.2, 0) is 0 Å². The smallest absolute Gasteiger partial charge is 0.256 e. The van der Waals surface area contributed by atoms with E-state index in [1.54, 1.807) is 6.07 Å². The minimum absolute atomic E-state index is 0.179. The summed E-state index contributed by atoms with van der Waals surface area (Å²) in [6.45, 7) is 5.02. The number of rotatable bonds is 4. The molecule has 0 bridgehead atoms. The highest BCUT2D eigenvalue weighted by molar-refractivity contribution is 5.98. The number of carbonyl (C=O) groups is 1. The number of fused-ring (bicyclic) bond motifs is 1. The van der Waals surface area contributed by atoms with Crippen LogP contribution in [0.2, 0.25) is 0 Å². The molecule has 2 aromatic heterocycles. The van der Waals surface area contributed by atoms with Gasteiger partial charge in [-0.05, 0) is 31.2 Å². The second kappa shape index (κ2) is 7.89. The molecular weight excluding hydrogens is 409 g/mol. The molecule has 0 saturated carbocycles. The molecule has 0 aliphatic carbocycles. The first-order valence-corrected chi connectivity index (χ1v) is 10.8. The Balaban J connectivity index is 1.33. The average Bonchev–Trinajstić information content (AvgIpc) is 3.49. The fourth-order valence-corrected chi connectivity index (χ4v) is 4.76. The molecule has 2 unspecified atom stereocenters. The predicted molar refractivity (Wildman–Crippen MR) is 120 cm³/mol. The van der Waals surface area contributed by atoms with E-state index in [0.29, 0.717) is 30.6 Å². The average molecular weight is 436 g/mol. The summed E-state index contributed by atoms with van der Waals surface area (Å²) < 4.78 is 14.0. The second-order valence-corrected chi connectivity index (χ2v) is 8.83. The molecule has 5 rings (SSSR count). The van der Waals surface area contributed by atoms with E-state index >= 15 is 0 Å². The van der Waals surface area contributed by atoms with Gasteiger partial charge in [-0.25, -0.2) is 9.37 Å². The van der Waals surface area contributed by atoms with Crippen LogP contribution in [0.15, 0.2) is 42.7 Å². The van der Waals surface area contributed by atoms with Gasteiger partial charge in [0.2, 0.25) is 0 Å². The molecule has 0 spiro atoms. The van der Waals surface area contributed by atoms with E-state index in [2.05, 4.69) is 32.1 Å². The standard InChI is InChI=1S/C23H26FN7O/c1-15-8-19(28(2)3)10-22(27-15)29-11-16-13-30(14-17(16)12-29)23(32)20-9-18(24)4-5-21(20)31-25-6-7-26-31/h4-10,16-17H,11-14H2,1-3H3. The number of hydrogen-bond donors (Lipinski definition) is 0. The van der Waals surface area contributed by atoms with Crippen LogP contribution in [0, 0.1) is 24.6 Å². The minimum atomic E-state index is -0.447. The highest BCUT2D eigenvalue weighted by Gasteiger charge is 2.42. The lowest BCUT2D eigenvalue weighted by Crippen LogP contribution is -2.34. The molecule has 9 heteroatoms. The molecule has 4 heterocycles. The van der Waals surface area contributed by atoms with Crippen LogP contribution in [0.3, 0.4) is 0 Å². The number of likely N-dealkylation sites (tertiary alicyclic amines) is 1. The Morgan fingerprint density at radius 3 is 2.38 bits per heavy atom. The maximum absolute atomic E-state index is 14.0. The number of carbonyl (C=O) groups excluding carboxylic acids is 1. The van der Waals surface area contributed by atoms with E-state index in [4.69, 9.17) is 4.98 Å². The monoisotopic (exact) mass is 435 g/mol. The Morgan fingerprint density at radius 2 is 1.72 bits per heavy atom. The van der Waals surface area contributed by atoms with Crippen LogP contribution in [-0.4, -0.2) is 71.1 Å². The largest absolute Gasteiger partial charge is 0.377 e. The van der Waals surface area contributed by atoms with Crippen LogP contribution in [0.1, 0.15) is 16.1 Å². The molecular formula is C23H26FN7O. The summed E-state index contributed by atoms with van der Waals surface area (Å²) in [5, 5.41) is 8.22. The van der Waals surface area contributed by atoms with Gasteiger partial charge < -0.3 is 14.7 Å². The first-order valence-electron chi connectivity index (χ1n) is 10.8. The van der Waals surface area contributed by atoms with Crippen LogP contribution in [0.5, 0.6) is 0 Å². The molecule has 1 aromatic carbocycles. The van der Waals surface area contributed by atoms with Gasteiger partial charge in [0.25, 0.3) is 5.91 Å². The van der Waals surface area contributed by atoms with Gasteiger partial charge >= 0.3 is 0 Å². The third kappa shape index (κ3) is 3.68. The summed E-state index contributed by atoms with van der Waals surface area (Å²) in [5.41, 5.74) is 2.90. The number of aromatic nitrogens is 4. The molecule has 2 saturated heterocycles. The summed E-state index contributed by atoms with van der Waals surface area (Å²) in [6, 6.07) is 8.34. The van der Waals surface area contributed by atoms with E-state index in [0.717, 1.165) is 30.3 Å². The Bertz CT molecular complexity index is 1130. The first kappa shape index (κ1) is 20.4. The minimum Gasteiger partial charge on any atom is -0.377 e. The molecule has 8 nitrogen and oxygen atoms in total. The zero-order valence-electron chi connectivity index (χ0n) is 18.4. The predicted octanol–water partition coefficient (Wildman–Crippen LogP) is 2.38. The maximum atomic E-state index is 14.0. The molecule has 1 amide bonds. The number of hydrogen-bond acceptors (Lipinski definition) is 6. The van der Waals surface area contributed by atoms with Gasteiger partial charge in [0.1, 0.15) is 11.6 Å². The van der Waals surface area contributed by atoms with Gasteiger partial charge in [-0.3, -0.25) is 4.79 Å². The van der Waals surface area contributed by atoms with Crippen molar-refractivity contribution in [3.05, 3.63) is 59.8 Å². The molecule has 166 valence electrons. The number of aryl methyl sites for hydroxylation is 1. The molecule has 2 fully saturated rings. The topological polar surface area (TPSA) is 70.4 Å². The summed E-state index contributed by atoms with van der Waals surface area (Å²) in [6.07, 6.45) is 3.07. The van der Waals surface area contributed by atoms with Gasteiger partial charge in [0.05, 0.1) is 23.6 Å². The third-order valence-electron chi connectivity index (χ3n) is 6.36. The van der Waals surface area contributed by atoms with Crippen molar-refractivity contribution in [3.63, 3.8) is 0 Å². The fourth-order valence-electron chi connectivity index (χ4n) is 4.76. The van der Waals surface area contributed by atoms with Crippen molar-refractivity contribution in [3.8, 4) is 5.69 Å². The number of anilines is 2. The molecule has 3 aromatic rings. The van der Waals surface area contributed by atoms with Crippen molar-refractivity contribution in [2.75, 3.05) is 50.1 Å². The number of amides is 1. The van der Waals surface area contributed by atoms with E-state index in [1.807, 2.05) is 25.9 Å². The molecule has 2 aliphatic heterocycles. The van der Waals surface area contributed by atoms with Gasteiger partial charge in [0, 0.05) is 69.6 Å².